The lowest BCUT2D eigenvalue weighted by Gasteiger charge is -2.17. The maximum Gasteiger partial charge on any atom is 0.234 e. The predicted octanol–water partition coefficient (Wildman–Crippen LogP) is 3.30. The molecular weight excluding hydrogens is 225 g/mol. The van der Waals surface area contributed by atoms with Crippen molar-refractivity contribution in [2.45, 2.75) is 25.5 Å². The highest BCUT2D eigenvalue weighted by Crippen LogP contribution is 2.23. The van der Waals surface area contributed by atoms with E-state index in [0.717, 1.165) is 0 Å². The first kappa shape index (κ1) is 13.0. The highest BCUT2D eigenvalue weighted by atomic mass is 32.2. The highest BCUT2D eigenvalue weighted by Gasteiger charge is 2.14. The van der Waals surface area contributed by atoms with Gasteiger partial charge in [0.15, 0.2) is 0 Å². The van der Waals surface area contributed by atoms with Crippen LogP contribution in [0.5, 0.6) is 0 Å². The van der Waals surface area contributed by atoms with Gasteiger partial charge in [0, 0.05) is 4.75 Å². The number of amides is 1. The van der Waals surface area contributed by atoms with Crippen molar-refractivity contribution in [2.75, 3.05) is 11.1 Å². The summed E-state index contributed by atoms with van der Waals surface area (Å²) in [6.45, 7) is 6.11. The molecule has 0 aromatic heterocycles. The summed E-state index contributed by atoms with van der Waals surface area (Å²) >= 11 is 1.53. The van der Waals surface area contributed by atoms with Crippen molar-refractivity contribution in [3.63, 3.8) is 0 Å². The van der Waals surface area contributed by atoms with Crippen molar-refractivity contribution in [1.82, 2.24) is 0 Å². The number of carbonyl (C=O) groups is 1. The topological polar surface area (TPSA) is 29.1 Å². The van der Waals surface area contributed by atoms with Gasteiger partial charge in [0.05, 0.1) is 11.4 Å². The standard InChI is InChI=1S/C12H16FNOS/c1-12(2,3)16-8-11(15)14-10-7-5-4-6-9(10)13/h4-7H,8H2,1-3H3,(H,14,15). The van der Waals surface area contributed by atoms with Gasteiger partial charge in [-0.25, -0.2) is 4.39 Å². The van der Waals surface area contributed by atoms with Crippen molar-refractivity contribution in [3.8, 4) is 0 Å². The lowest BCUT2D eigenvalue weighted by Crippen LogP contribution is -2.19. The summed E-state index contributed by atoms with van der Waals surface area (Å²) in [5.41, 5.74) is 0.238. The number of para-hydroxylation sites is 1. The number of hydrogen-bond acceptors (Lipinski definition) is 2. The first-order valence-corrected chi connectivity index (χ1v) is 6.05. The molecule has 88 valence electrons. The Bertz CT molecular complexity index is 374. The fourth-order valence-corrected chi connectivity index (χ4v) is 1.67. The van der Waals surface area contributed by atoms with Crippen LogP contribution in [0.4, 0.5) is 10.1 Å². The molecule has 1 aromatic rings. The average molecular weight is 241 g/mol. The van der Waals surface area contributed by atoms with Gasteiger partial charge in [-0.2, -0.15) is 0 Å². The Labute approximate surface area is 99.6 Å². The molecule has 16 heavy (non-hydrogen) atoms. The minimum Gasteiger partial charge on any atom is -0.323 e. The van der Waals surface area contributed by atoms with Crippen LogP contribution in [0.3, 0.4) is 0 Å². The summed E-state index contributed by atoms with van der Waals surface area (Å²) in [7, 11) is 0. The molecule has 2 nitrogen and oxygen atoms in total. The van der Waals surface area contributed by atoms with E-state index in [4.69, 9.17) is 0 Å². The van der Waals surface area contributed by atoms with Crippen LogP contribution in [0.1, 0.15) is 20.8 Å². The lowest BCUT2D eigenvalue weighted by atomic mass is 10.3. The molecule has 0 aliphatic heterocycles. The fraction of sp³-hybridized carbons (Fsp3) is 0.417. The van der Waals surface area contributed by atoms with Gasteiger partial charge in [-0.05, 0) is 12.1 Å². The number of carbonyl (C=O) groups excluding carboxylic acids is 1. The Kier molecular flexibility index (Phi) is 4.35. The van der Waals surface area contributed by atoms with E-state index >= 15 is 0 Å². The maximum absolute atomic E-state index is 13.2. The third-order valence-electron chi connectivity index (χ3n) is 1.78. The smallest absolute Gasteiger partial charge is 0.234 e. The van der Waals surface area contributed by atoms with Crippen molar-refractivity contribution >= 4 is 23.4 Å². The fourth-order valence-electron chi connectivity index (χ4n) is 1.03. The maximum atomic E-state index is 13.2. The number of thioether (sulfide) groups is 1. The van der Waals surface area contributed by atoms with Gasteiger partial charge in [0.2, 0.25) is 5.91 Å². The highest BCUT2D eigenvalue weighted by molar-refractivity contribution is 8.01. The van der Waals surface area contributed by atoms with E-state index in [1.807, 2.05) is 20.8 Å². The molecule has 0 unspecified atom stereocenters. The second-order valence-electron chi connectivity index (χ2n) is 4.43. The van der Waals surface area contributed by atoms with Crippen LogP contribution in [-0.2, 0) is 4.79 Å². The van der Waals surface area contributed by atoms with Crippen molar-refractivity contribution in [2.24, 2.45) is 0 Å². The summed E-state index contributed by atoms with van der Waals surface area (Å²) in [5.74, 6) is -0.251. The summed E-state index contributed by atoms with van der Waals surface area (Å²) in [6, 6.07) is 6.16. The van der Waals surface area contributed by atoms with Crippen molar-refractivity contribution < 1.29 is 9.18 Å². The predicted molar refractivity (Wildman–Crippen MR) is 67.2 cm³/mol. The molecule has 0 aliphatic carbocycles. The van der Waals surface area contributed by atoms with Gasteiger partial charge in [0.25, 0.3) is 0 Å². The van der Waals surface area contributed by atoms with Gasteiger partial charge >= 0.3 is 0 Å². The molecule has 0 heterocycles. The summed E-state index contributed by atoms with van der Waals surface area (Å²) < 4.78 is 13.2. The monoisotopic (exact) mass is 241 g/mol. The number of rotatable bonds is 3. The van der Waals surface area contributed by atoms with Crippen LogP contribution < -0.4 is 5.32 Å². The molecule has 1 rings (SSSR count). The second kappa shape index (κ2) is 5.34. The number of nitrogens with one attached hydrogen (secondary N) is 1. The number of benzene rings is 1. The molecule has 1 N–H and O–H groups in total. The van der Waals surface area contributed by atoms with Gasteiger partial charge < -0.3 is 5.32 Å². The van der Waals surface area contributed by atoms with Crippen LogP contribution in [0, 0.1) is 5.82 Å². The molecule has 0 spiro atoms. The SMILES string of the molecule is CC(C)(C)SCC(=O)Nc1ccccc1F. The lowest BCUT2D eigenvalue weighted by molar-refractivity contribution is -0.113. The van der Waals surface area contributed by atoms with E-state index in [1.54, 1.807) is 18.2 Å². The Morgan fingerprint density at radius 2 is 2.00 bits per heavy atom. The van der Waals surface area contributed by atoms with Crippen LogP contribution in [0.2, 0.25) is 0 Å². The molecule has 0 atom stereocenters. The summed E-state index contributed by atoms with van der Waals surface area (Å²) in [5, 5.41) is 2.55. The number of anilines is 1. The third kappa shape index (κ3) is 4.66. The van der Waals surface area contributed by atoms with E-state index in [-0.39, 0.29) is 16.3 Å². The molecular formula is C12H16FNOS. The zero-order chi connectivity index (χ0) is 12.2. The van der Waals surface area contributed by atoms with Crippen LogP contribution in [0.15, 0.2) is 24.3 Å². The quantitative estimate of drug-likeness (QED) is 0.879. The molecule has 0 saturated heterocycles. The van der Waals surface area contributed by atoms with Gasteiger partial charge in [-0.15, -0.1) is 11.8 Å². The Hall–Kier alpha value is -1.03. The molecule has 0 aliphatic rings. The molecule has 0 saturated carbocycles. The van der Waals surface area contributed by atoms with E-state index < -0.39 is 5.82 Å². The molecule has 0 bridgehead atoms. The normalized spacial score (nSPS) is 11.2. The van der Waals surface area contributed by atoms with E-state index in [1.165, 1.54) is 17.8 Å². The second-order valence-corrected chi connectivity index (χ2v) is 6.23. The largest absolute Gasteiger partial charge is 0.323 e. The molecule has 1 amide bonds. The molecule has 0 fully saturated rings. The van der Waals surface area contributed by atoms with E-state index in [9.17, 15) is 9.18 Å². The average Bonchev–Trinajstić information content (AvgIpc) is 2.18. The van der Waals surface area contributed by atoms with E-state index in [0.29, 0.717) is 5.75 Å². The summed E-state index contributed by atoms with van der Waals surface area (Å²) in [6.07, 6.45) is 0. The number of halogens is 1. The van der Waals surface area contributed by atoms with Crippen LogP contribution >= 0.6 is 11.8 Å². The van der Waals surface area contributed by atoms with E-state index in [2.05, 4.69) is 5.32 Å². The zero-order valence-corrected chi connectivity index (χ0v) is 10.5. The van der Waals surface area contributed by atoms with Crippen molar-refractivity contribution in [1.29, 1.82) is 0 Å². The minimum atomic E-state index is -0.406. The van der Waals surface area contributed by atoms with Crippen LogP contribution in [-0.4, -0.2) is 16.4 Å². The zero-order valence-electron chi connectivity index (χ0n) is 9.71. The summed E-state index contributed by atoms with van der Waals surface area (Å²) in [4.78, 5) is 11.5. The number of hydrogen-bond donors (Lipinski definition) is 1. The first-order valence-electron chi connectivity index (χ1n) is 5.07. The van der Waals surface area contributed by atoms with Gasteiger partial charge in [-0.3, -0.25) is 4.79 Å². The van der Waals surface area contributed by atoms with Gasteiger partial charge in [-0.1, -0.05) is 32.9 Å². The van der Waals surface area contributed by atoms with Crippen molar-refractivity contribution in [3.05, 3.63) is 30.1 Å². The van der Waals surface area contributed by atoms with Gasteiger partial charge in [0.1, 0.15) is 5.82 Å². The Morgan fingerprint density at radius 1 is 1.38 bits per heavy atom. The third-order valence-corrected chi connectivity index (χ3v) is 3.06. The Balaban J connectivity index is 2.50. The molecule has 1 aromatic carbocycles. The Morgan fingerprint density at radius 3 is 2.56 bits per heavy atom. The minimum absolute atomic E-state index is 0.0343. The van der Waals surface area contributed by atoms with Crippen LogP contribution in [0.25, 0.3) is 0 Å². The first-order chi connectivity index (χ1) is 7.38. The molecule has 0 radical (unpaired) electrons. The molecule has 4 heteroatoms.